The summed E-state index contributed by atoms with van der Waals surface area (Å²) >= 11 is 6.14. The van der Waals surface area contributed by atoms with Crippen molar-refractivity contribution in [3.05, 3.63) is 22.7 Å². The normalized spacial score (nSPS) is 21.2. The van der Waals surface area contributed by atoms with Crippen LogP contribution in [-0.4, -0.2) is 36.7 Å². The summed E-state index contributed by atoms with van der Waals surface area (Å²) < 4.78 is 10.6. The number of hydrogen-bond acceptors (Lipinski definition) is 4. The number of nitrogens with zero attached hydrogens (tertiary/aromatic N) is 1. The number of hydrogen-bond donors (Lipinski definition) is 1. The molecular weight excluding hydrogens is 327 g/mol. The zero-order valence-corrected chi connectivity index (χ0v) is 14.0. The van der Waals surface area contributed by atoms with Crippen LogP contribution >= 0.6 is 24.0 Å². The van der Waals surface area contributed by atoms with E-state index in [1.54, 1.807) is 12.1 Å². The molecule has 0 bridgehead atoms. The van der Waals surface area contributed by atoms with E-state index in [0.29, 0.717) is 34.5 Å². The highest BCUT2D eigenvalue weighted by molar-refractivity contribution is 6.32. The van der Waals surface area contributed by atoms with E-state index in [9.17, 15) is 4.79 Å². The van der Waals surface area contributed by atoms with Gasteiger partial charge in [-0.05, 0) is 37.8 Å². The molecule has 1 aromatic rings. The Balaban J connectivity index is 0.00000176. The van der Waals surface area contributed by atoms with Crippen LogP contribution in [0, 0.1) is 5.92 Å². The molecule has 0 radical (unpaired) electrons. The zero-order valence-electron chi connectivity index (χ0n) is 12.4. The minimum atomic E-state index is -0.0273. The summed E-state index contributed by atoms with van der Waals surface area (Å²) in [5, 5.41) is 0.411. The molecule has 0 saturated carbocycles. The number of piperidine rings is 1. The summed E-state index contributed by atoms with van der Waals surface area (Å²) in [5.41, 5.74) is 6.51. The maximum absolute atomic E-state index is 12.7. The third-order valence-electron chi connectivity index (χ3n) is 4.16. The van der Waals surface area contributed by atoms with E-state index in [1.807, 2.05) is 11.8 Å². The van der Waals surface area contributed by atoms with Crippen molar-refractivity contribution in [1.82, 2.24) is 4.90 Å². The standard InChI is InChI=1S/C15H19ClN2O3.ClH/c1-9(17)10-3-2-4-18(7-10)15(19)11-5-12(16)14-13(6-11)20-8-21-14;/h5-6,9-10H,2-4,7-8,17H2,1H3;1H. The molecule has 0 spiro atoms. The molecule has 2 aliphatic rings. The molecule has 0 aromatic heterocycles. The number of ether oxygens (including phenoxy) is 2. The van der Waals surface area contributed by atoms with Gasteiger partial charge in [0.2, 0.25) is 6.79 Å². The molecule has 5 nitrogen and oxygen atoms in total. The summed E-state index contributed by atoms with van der Waals surface area (Å²) in [4.78, 5) is 14.5. The van der Waals surface area contributed by atoms with Crippen LogP contribution in [0.3, 0.4) is 0 Å². The van der Waals surface area contributed by atoms with E-state index in [1.165, 1.54) is 0 Å². The van der Waals surface area contributed by atoms with Gasteiger partial charge >= 0.3 is 0 Å². The molecule has 0 aliphatic carbocycles. The second kappa shape index (κ2) is 6.94. The van der Waals surface area contributed by atoms with Crippen LogP contribution in [0.4, 0.5) is 0 Å². The maximum atomic E-state index is 12.7. The first kappa shape index (κ1) is 17.2. The minimum Gasteiger partial charge on any atom is -0.454 e. The van der Waals surface area contributed by atoms with E-state index < -0.39 is 0 Å². The maximum Gasteiger partial charge on any atom is 0.254 e. The summed E-state index contributed by atoms with van der Waals surface area (Å²) in [6, 6.07) is 3.44. The van der Waals surface area contributed by atoms with E-state index >= 15 is 0 Å². The van der Waals surface area contributed by atoms with Crippen LogP contribution in [0.15, 0.2) is 12.1 Å². The minimum absolute atomic E-state index is 0. The molecule has 2 unspecified atom stereocenters. The Kier molecular flexibility index (Phi) is 5.42. The number of carbonyl (C=O) groups excluding carboxylic acids is 1. The fourth-order valence-corrected chi connectivity index (χ4v) is 3.16. The fourth-order valence-electron chi connectivity index (χ4n) is 2.90. The first-order chi connectivity index (χ1) is 10.1. The van der Waals surface area contributed by atoms with Crippen molar-refractivity contribution in [1.29, 1.82) is 0 Å². The predicted molar refractivity (Wildman–Crippen MR) is 87.1 cm³/mol. The van der Waals surface area contributed by atoms with Crippen LogP contribution in [0.1, 0.15) is 30.1 Å². The number of likely N-dealkylation sites (tertiary alicyclic amines) is 1. The second-order valence-electron chi connectivity index (χ2n) is 5.70. The average molecular weight is 347 g/mol. The van der Waals surface area contributed by atoms with Gasteiger partial charge < -0.3 is 20.1 Å². The number of benzene rings is 1. The first-order valence-electron chi connectivity index (χ1n) is 7.20. The lowest BCUT2D eigenvalue weighted by Crippen LogP contribution is -2.45. The van der Waals surface area contributed by atoms with Crippen molar-refractivity contribution in [3.8, 4) is 11.5 Å². The summed E-state index contributed by atoms with van der Waals surface area (Å²) in [7, 11) is 0. The second-order valence-corrected chi connectivity index (χ2v) is 6.11. The zero-order chi connectivity index (χ0) is 15.0. The number of fused-ring (bicyclic) bond motifs is 1. The Morgan fingerprint density at radius 3 is 2.95 bits per heavy atom. The van der Waals surface area contributed by atoms with Crippen LogP contribution in [-0.2, 0) is 0 Å². The first-order valence-corrected chi connectivity index (χ1v) is 7.58. The lowest BCUT2D eigenvalue weighted by molar-refractivity contribution is 0.0660. The van der Waals surface area contributed by atoms with Crippen LogP contribution in [0.5, 0.6) is 11.5 Å². The van der Waals surface area contributed by atoms with Crippen molar-refractivity contribution >= 4 is 29.9 Å². The molecule has 7 heteroatoms. The Morgan fingerprint density at radius 1 is 1.45 bits per heavy atom. The van der Waals surface area contributed by atoms with Crippen molar-refractivity contribution < 1.29 is 14.3 Å². The highest BCUT2D eigenvalue weighted by Gasteiger charge is 2.28. The third-order valence-corrected chi connectivity index (χ3v) is 4.44. The molecule has 2 atom stereocenters. The van der Waals surface area contributed by atoms with Gasteiger partial charge in [0.1, 0.15) is 0 Å². The molecule has 22 heavy (non-hydrogen) atoms. The Morgan fingerprint density at radius 2 is 2.23 bits per heavy atom. The smallest absolute Gasteiger partial charge is 0.254 e. The molecule has 3 rings (SSSR count). The fraction of sp³-hybridized carbons (Fsp3) is 0.533. The van der Waals surface area contributed by atoms with Gasteiger partial charge in [-0.15, -0.1) is 12.4 Å². The number of carbonyl (C=O) groups is 1. The third kappa shape index (κ3) is 3.26. The van der Waals surface area contributed by atoms with Crippen LogP contribution in [0.25, 0.3) is 0 Å². The highest BCUT2D eigenvalue weighted by Crippen LogP contribution is 2.40. The van der Waals surface area contributed by atoms with Gasteiger partial charge in [-0.25, -0.2) is 0 Å². The summed E-state index contributed by atoms with van der Waals surface area (Å²) in [6.07, 6.45) is 2.06. The van der Waals surface area contributed by atoms with Crippen LogP contribution < -0.4 is 15.2 Å². The van der Waals surface area contributed by atoms with E-state index in [4.69, 9.17) is 26.8 Å². The quantitative estimate of drug-likeness (QED) is 0.893. The van der Waals surface area contributed by atoms with Crippen molar-refractivity contribution in [2.45, 2.75) is 25.8 Å². The molecule has 122 valence electrons. The average Bonchev–Trinajstić information content (AvgIpc) is 2.95. The number of amides is 1. The topological polar surface area (TPSA) is 64.8 Å². The molecule has 2 heterocycles. The van der Waals surface area contributed by atoms with Gasteiger partial charge in [0.05, 0.1) is 5.02 Å². The van der Waals surface area contributed by atoms with E-state index in [2.05, 4.69) is 0 Å². The van der Waals surface area contributed by atoms with Gasteiger partial charge in [0.25, 0.3) is 5.91 Å². The SMILES string of the molecule is CC(N)C1CCCN(C(=O)c2cc(Cl)c3c(c2)OCO3)C1.Cl. The van der Waals surface area contributed by atoms with Crippen LogP contribution in [0.2, 0.25) is 5.02 Å². The summed E-state index contributed by atoms with van der Waals surface area (Å²) in [6.45, 7) is 3.59. The summed E-state index contributed by atoms with van der Waals surface area (Å²) in [5.74, 6) is 1.37. The van der Waals surface area contributed by atoms with E-state index in [-0.39, 0.29) is 31.1 Å². The van der Waals surface area contributed by atoms with Crippen molar-refractivity contribution in [3.63, 3.8) is 0 Å². The largest absolute Gasteiger partial charge is 0.454 e. The van der Waals surface area contributed by atoms with Gasteiger partial charge in [-0.1, -0.05) is 11.6 Å². The Labute approximate surface area is 141 Å². The van der Waals surface area contributed by atoms with Gasteiger partial charge in [0.15, 0.2) is 11.5 Å². The molecule has 1 aromatic carbocycles. The molecule has 1 saturated heterocycles. The lowest BCUT2D eigenvalue weighted by atomic mass is 9.92. The highest BCUT2D eigenvalue weighted by atomic mass is 35.5. The molecule has 1 amide bonds. The number of nitrogens with two attached hydrogens (primary N) is 1. The van der Waals surface area contributed by atoms with Crippen molar-refractivity contribution in [2.24, 2.45) is 11.7 Å². The molecule has 2 N–H and O–H groups in total. The predicted octanol–water partition coefficient (Wildman–Crippen LogP) is 2.69. The Bertz CT molecular complexity index is 566. The molecular formula is C15H20Cl2N2O3. The monoisotopic (exact) mass is 346 g/mol. The Hall–Kier alpha value is -1.17. The van der Waals surface area contributed by atoms with Crippen molar-refractivity contribution in [2.75, 3.05) is 19.9 Å². The number of rotatable bonds is 2. The van der Waals surface area contributed by atoms with Gasteiger partial charge in [-0.3, -0.25) is 4.79 Å². The van der Waals surface area contributed by atoms with Gasteiger partial charge in [0, 0.05) is 24.7 Å². The van der Waals surface area contributed by atoms with E-state index in [0.717, 1.165) is 19.4 Å². The van der Waals surface area contributed by atoms with Gasteiger partial charge in [-0.2, -0.15) is 0 Å². The molecule has 1 fully saturated rings. The lowest BCUT2D eigenvalue weighted by Gasteiger charge is -2.34. The number of halogens is 2. The molecule has 2 aliphatic heterocycles.